The molecule has 0 N–H and O–H groups in total. The molecule has 0 bridgehead atoms. The molecule has 1 atom stereocenters. The molecule has 0 unspecified atom stereocenters. The number of aryl methyl sites for hydroxylation is 1. The van der Waals surface area contributed by atoms with Crippen molar-refractivity contribution in [2.75, 3.05) is 27.4 Å². The van der Waals surface area contributed by atoms with Gasteiger partial charge < -0.3 is 19.1 Å². The van der Waals surface area contributed by atoms with Crippen LogP contribution in [0.1, 0.15) is 36.8 Å². The normalized spacial score (nSPS) is 19.8. The minimum absolute atomic E-state index is 0.0747. The fraction of sp³-hybridized carbons (Fsp3) is 0.455. The van der Waals surface area contributed by atoms with Gasteiger partial charge in [-0.25, -0.2) is 9.59 Å². The first-order chi connectivity index (χ1) is 13.6. The Balaban J connectivity index is 2.00. The average molecular weight is 385 g/mol. The van der Waals surface area contributed by atoms with Gasteiger partial charge in [0.1, 0.15) is 0 Å². The number of rotatable bonds is 6. The van der Waals surface area contributed by atoms with Gasteiger partial charge in [0.05, 0.1) is 37.4 Å². The van der Waals surface area contributed by atoms with Crippen molar-refractivity contribution in [2.24, 2.45) is 0 Å². The molecule has 2 aliphatic rings. The van der Waals surface area contributed by atoms with Gasteiger partial charge in [-0.05, 0) is 30.4 Å². The second-order valence-electron chi connectivity index (χ2n) is 7.01. The number of ether oxygens (including phenoxy) is 3. The zero-order valence-corrected chi connectivity index (χ0v) is 16.6. The smallest absolute Gasteiger partial charge is 0.336 e. The molecule has 150 valence electrons. The molecule has 1 aromatic rings. The summed E-state index contributed by atoms with van der Waals surface area (Å²) in [5, 5.41) is 0. The van der Waals surface area contributed by atoms with E-state index < -0.39 is 17.9 Å². The first-order valence-corrected chi connectivity index (χ1v) is 9.63. The Bertz CT molecular complexity index is 741. The lowest BCUT2D eigenvalue weighted by molar-refractivity contribution is -0.137. The fourth-order valence-corrected chi connectivity index (χ4v) is 3.72. The first-order valence-electron chi connectivity index (χ1n) is 9.63. The highest BCUT2D eigenvalue weighted by Gasteiger charge is 2.35. The standard InChI is InChI=1S/C22H27NO5/c1-4-15-7-9-16(10-8-15)20-18(21(24)26-2)13-23(12-17-6-5-11-28-17)14-19(20)22(25)27-3/h7-10,13-14,17,20H,4-6,11-12H2,1-3H3/t17-/m1/s1. The number of benzene rings is 1. The van der Waals surface area contributed by atoms with Gasteiger partial charge in [0.2, 0.25) is 0 Å². The van der Waals surface area contributed by atoms with Crippen molar-refractivity contribution >= 4 is 11.9 Å². The van der Waals surface area contributed by atoms with Crippen LogP contribution >= 0.6 is 0 Å². The first kappa shape index (κ1) is 20.1. The van der Waals surface area contributed by atoms with Gasteiger partial charge in [-0.15, -0.1) is 0 Å². The van der Waals surface area contributed by atoms with Gasteiger partial charge in [0.15, 0.2) is 0 Å². The summed E-state index contributed by atoms with van der Waals surface area (Å²) in [6, 6.07) is 7.93. The molecule has 0 amide bonds. The Morgan fingerprint density at radius 2 is 1.68 bits per heavy atom. The zero-order chi connectivity index (χ0) is 20.1. The molecule has 3 rings (SSSR count). The molecule has 0 saturated carbocycles. The molecular formula is C22H27NO5. The number of nitrogens with zero attached hydrogens (tertiary/aromatic N) is 1. The molecule has 28 heavy (non-hydrogen) atoms. The molecule has 1 aromatic carbocycles. The Kier molecular flexibility index (Phi) is 6.52. The summed E-state index contributed by atoms with van der Waals surface area (Å²) in [6.07, 6.45) is 6.49. The minimum atomic E-state index is -0.536. The maximum Gasteiger partial charge on any atom is 0.336 e. The summed E-state index contributed by atoms with van der Waals surface area (Å²) in [6.45, 7) is 3.40. The summed E-state index contributed by atoms with van der Waals surface area (Å²) in [4.78, 5) is 27.0. The van der Waals surface area contributed by atoms with Crippen molar-refractivity contribution in [3.05, 3.63) is 58.9 Å². The lowest BCUT2D eigenvalue weighted by Crippen LogP contribution is -2.32. The Hall–Kier alpha value is -2.60. The third-order valence-electron chi connectivity index (χ3n) is 5.23. The summed E-state index contributed by atoms with van der Waals surface area (Å²) in [7, 11) is 2.70. The Labute approximate surface area is 165 Å². The molecule has 2 aliphatic heterocycles. The highest BCUT2D eigenvalue weighted by Crippen LogP contribution is 2.37. The van der Waals surface area contributed by atoms with Crippen molar-refractivity contribution in [1.29, 1.82) is 0 Å². The van der Waals surface area contributed by atoms with Gasteiger partial charge in [0, 0.05) is 25.6 Å². The van der Waals surface area contributed by atoms with Crippen LogP contribution in [-0.4, -0.2) is 50.3 Å². The van der Waals surface area contributed by atoms with E-state index in [4.69, 9.17) is 14.2 Å². The van der Waals surface area contributed by atoms with E-state index in [1.165, 1.54) is 19.8 Å². The number of carbonyl (C=O) groups is 2. The van der Waals surface area contributed by atoms with Gasteiger partial charge in [-0.1, -0.05) is 31.2 Å². The number of methoxy groups -OCH3 is 2. The quantitative estimate of drug-likeness (QED) is 0.702. The van der Waals surface area contributed by atoms with Crippen molar-refractivity contribution in [2.45, 2.75) is 38.2 Å². The topological polar surface area (TPSA) is 65.1 Å². The molecule has 0 radical (unpaired) electrons. The van der Waals surface area contributed by atoms with E-state index in [0.717, 1.165) is 31.4 Å². The van der Waals surface area contributed by atoms with Crippen molar-refractivity contribution < 1.29 is 23.8 Å². The summed E-state index contributed by atoms with van der Waals surface area (Å²) < 4.78 is 15.7. The average Bonchev–Trinajstić information content (AvgIpc) is 3.25. The van der Waals surface area contributed by atoms with E-state index in [1.54, 1.807) is 12.4 Å². The van der Waals surface area contributed by atoms with Crippen LogP contribution in [0.2, 0.25) is 0 Å². The van der Waals surface area contributed by atoms with Crippen molar-refractivity contribution in [3.63, 3.8) is 0 Å². The maximum absolute atomic E-state index is 12.6. The van der Waals surface area contributed by atoms with Crippen LogP contribution in [0.5, 0.6) is 0 Å². The SMILES string of the molecule is CCc1ccc(C2C(C(=O)OC)=CN(C[C@H]3CCCO3)C=C2C(=O)OC)cc1. The monoisotopic (exact) mass is 385 g/mol. The third-order valence-corrected chi connectivity index (χ3v) is 5.23. The van der Waals surface area contributed by atoms with E-state index in [9.17, 15) is 9.59 Å². The molecular weight excluding hydrogens is 358 g/mol. The van der Waals surface area contributed by atoms with Crippen LogP contribution in [0.15, 0.2) is 47.8 Å². The maximum atomic E-state index is 12.6. The zero-order valence-electron chi connectivity index (χ0n) is 16.6. The summed E-state index contributed by atoms with van der Waals surface area (Å²) in [5.41, 5.74) is 2.86. The minimum Gasteiger partial charge on any atom is -0.466 e. The van der Waals surface area contributed by atoms with Crippen molar-refractivity contribution in [1.82, 2.24) is 4.90 Å². The largest absolute Gasteiger partial charge is 0.466 e. The lowest BCUT2D eigenvalue weighted by Gasteiger charge is -2.31. The van der Waals surface area contributed by atoms with E-state index in [-0.39, 0.29) is 6.10 Å². The van der Waals surface area contributed by atoms with E-state index in [2.05, 4.69) is 6.92 Å². The Morgan fingerprint density at radius 1 is 1.07 bits per heavy atom. The molecule has 6 nitrogen and oxygen atoms in total. The second kappa shape index (κ2) is 9.06. The highest BCUT2D eigenvalue weighted by atomic mass is 16.5. The number of esters is 2. The highest BCUT2D eigenvalue weighted by molar-refractivity contribution is 5.98. The van der Waals surface area contributed by atoms with Crippen LogP contribution in [0.3, 0.4) is 0 Å². The van der Waals surface area contributed by atoms with Crippen LogP contribution in [-0.2, 0) is 30.2 Å². The molecule has 2 heterocycles. The van der Waals surface area contributed by atoms with E-state index >= 15 is 0 Å². The number of carbonyl (C=O) groups excluding carboxylic acids is 2. The van der Waals surface area contributed by atoms with Gasteiger partial charge in [0.25, 0.3) is 0 Å². The number of hydrogen-bond acceptors (Lipinski definition) is 6. The molecule has 0 aromatic heterocycles. The van der Waals surface area contributed by atoms with E-state index in [1.807, 2.05) is 29.2 Å². The molecule has 0 spiro atoms. The number of hydrogen-bond donors (Lipinski definition) is 0. The second-order valence-corrected chi connectivity index (χ2v) is 7.01. The van der Waals surface area contributed by atoms with Gasteiger partial charge >= 0.3 is 11.9 Å². The molecule has 0 aliphatic carbocycles. The summed E-state index contributed by atoms with van der Waals surface area (Å²) in [5.74, 6) is -1.46. The molecule has 6 heteroatoms. The van der Waals surface area contributed by atoms with E-state index in [0.29, 0.717) is 17.7 Å². The predicted octanol–water partition coefficient (Wildman–Crippen LogP) is 2.94. The third kappa shape index (κ3) is 4.28. The Morgan fingerprint density at radius 3 is 2.14 bits per heavy atom. The predicted molar refractivity (Wildman–Crippen MR) is 104 cm³/mol. The summed E-state index contributed by atoms with van der Waals surface area (Å²) >= 11 is 0. The molecule has 1 fully saturated rings. The fourth-order valence-electron chi connectivity index (χ4n) is 3.72. The van der Waals surface area contributed by atoms with Crippen LogP contribution in [0.4, 0.5) is 0 Å². The lowest BCUT2D eigenvalue weighted by atomic mass is 9.83. The van der Waals surface area contributed by atoms with Crippen LogP contribution in [0.25, 0.3) is 0 Å². The van der Waals surface area contributed by atoms with Gasteiger partial charge in [-0.3, -0.25) is 0 Å². The van der Waals surface area contributed by atoms with Crippen molar-refractivity contribution in [3.8, 4) is 0 Å². The van der Waals surface area contributed by atoms with Crippen LogP contribution in [0, 0.1) is 0 Å². The molecule has 1 saturated heterocycles. The van der Waals surface area contributed by atoms with Crippen LogP contribution < -0.4 is 0 Å². The van der Waals surface area contributed by atoms with Gasteiger partial charge in [-0.2, -0.15) is 0 Å².